The lowest BCUT2D eigenvalue weighted by Gasteiger charge is -2.43. The molecule has 1 fully saturated rings. The highest BCUT2D eigenvalue weighted by Crippen LogP contribution is 2.40. The maximum atomic E-state index is 5.85. The molecule has 1 saturated carbocycles. The van der Waals surface area contributed by atoms with E-state index in [2.05, 4.69) is 16.9 Å². The van der Waals surface area contributed by atoms with Crippen molar-refractivity contribution in [2.75, 3.05) is 25.0 Å². The van der Waals surface area contributed by atoms with Crippen LogP contribution in [0.2, 0.25) is 0 Å². The first-order valence-corrected chi connectivity index (χ1v) is 5.58. The summed E-state index contributed by atoms with van der Waals surface area (Å²) in [5.41, 5.74) is 6.20. The molecule has 0 amide bonds. The van der Waals surface area contributed by atoms with E-state index in [1.165, 1.54) is 19.3 Å². The third-order valence-electron chi connectivity index (χ3n) is 3.46. The van der Waals surface area contributed by atoms with Crippen molar-refractivity contribution in [2.45, 2.75) is 19.3 Å². The Labute approximate surface area is 91.3 Å². The third kappa shape index (κ3) is 2.12. The highest BCUT2D eigenvalue weighted by atomic mass is 15.2. The van der Waals surface area contributed by atoms with Gasteiger partial charge in [-0.2, -0.15) is 0 Å². The van der Waals surface area contributed by atoms with Crippen LogP contribution < -0.4 is 10.6 Å². The Hall–Kier alpha value is -1.09. The third-order valence-corrected chi connectivity index (χ3v) is 3.46. The summed E-state index contributed by atoms with van der Waals surface area (Å²) in [6, 6.07) is 6.01. The van der Waals surface area contributed by atoms with Crippen molar-refractivity contribution in [3.63, 3.8) is 0 Å². The zero-order valence-corrected chi connectivity index (χ0v) is 9.32. The number of anilines is 1. The summed E-state index contributed by atoms with van der Waals surface area (Å²) in [5, 5.41) is 0. The topological polar surface area (TPSA) is 42.1 Å². The molecule has 3 nitrogen and oxygen atoms in total. The number of hydrogen-bond acceptors (Lipinski definition) is 3. The van der Waals surface area contributed by atoms with E-state index in [0.29, 0.717) is 5.41 Å². The molecule has 1 aliphatic rings. The molecule has 2 N–H and O–H groups in total. The number of pyridine rings is 1. The molecule has 0 unspecified atom stereocenters. The molecule has 1 aromatic rings. The zero-order chi connectivity index (χ0) is 10.7. The van der Waals surface area contributed by atoms with Gasteiger partial charge < -0.3 is 10.6 Å². The molecule has 2 rings (SSSR count). The summed E-state index contributed by atoms with van der Waals surface area (Å²) < 4.78 is 0. The maximum Gasteiger partial charge on any atom is 0.128 e. The van der Waals surface area contributed by atoms with E-state index in [1.807, 2.05) is 24.4 Å². The lowest BCUT2D eigenvalue weighted by Crippen LogP contribution is -2.46. The summed E-state index contributed by atoms with van der Waals surface area (Å²) in [7, 11) is 2.10. The second-order valence-corrected chi connectivity index (χ2v) is 4.60. The van der Waals surface area contributed by atoms with Crippen molar-refractivity contribution in [3.8, 4) is 0 Å². The first-order valence-electron chi connectivity index (χ1n) is 5.58. The Balaban J connectivity index is 2.00. The van der Waals surface area contributed by atoms with Gasteiger partial charge >= 0.3 is 0 Å². The van der Waals surface area contributed by atoms with E-state index in [0.717, 1.165) is 18.9 Å². The predicted octanol–water partition coefficient (Wildman–Crippen LogP) is 1.65. The van der Waals surface area contributed by atoms with Gasteiger partial charge in [-0.15, -0.1) is 0 Å². The van der Waals surface area contributed by atoms with Crippen LogP contribution >= 0.6 is 0 Å². The average molecular weight is 205 g/mol. The van der Waals surface area contributed by atoms with E-state index >= 15 is 0 Å². The van der Waals surface area contributed by atoms with Gasteiger partial charge in [0.05, 0.1) is 0 Å². The minimum Gasteiger partial charge on any atom is -0.359 e. The van der Waals surface area contributed by atoms with Gasteiger partial charge in [0.15, 0.2) is 0 Å². The number of rotatable bonds is 4. The minimum atomic E-state index is 0.353. The molecule has 0 aromatic carbocycles. The molecule has 0 saturated heterocycles. The van der Waals surface area contributed by atoms with Crippen LogP contribution in [0.4, 0.5) is 5.82 Å². The SMILES string of the molecule is CN(CC1(CN)CCC1)c1ccccn1. The van der Waals surface area contributed by atoms with Crippen LogP contribution in [-0.2, 0) is 0 Å². The number of nitrogens with two attached hydrogens (primary N) is 1. The summed E-state index contributed by atoms with van der Waals surface area (Å²) in [6.07, 6.45) is 5.69. The van der Waals surface area contributed by atoms with Crippen LogP contribution in [-0.4, -0.2) is 25.1 Å². The molecule has 3 heteroatoms. The summed E-state index contributed by atoms with van der Waals surface area (Å²) in [4.78, 5) is 6.55. The minimum absolute atomic E-state index is 0.353. The Morgan fingerprint density at radius 3 is 2.73 bits per heavy atom. The van der Waals surface area contributed by atoms with Gasteiger partial charge in [0.25, 0.3) is 0 Å². The van der Waals surface area contributed by atoms with Crippen LogP contribution in [0.1, 0.15) is 19.3 Å². The molecule has 82 valence electrons. The predicted molar refractivity (Wildman–Crippen MR) is 62.8 cm³/mol. The van der Waals surface area contributed by atoms with Crippen molar-refractivity contribution < 1.29 is 0 Å². The fourth-order valence-electron chi connectivity index (χ4n) is 2.27. The molecule has 15 heavy (non-hydrogen) atoms. The standard InChI is InChI=1S/C12H19N3/c1-15(11-5-2-3-8-14-11)10-12(9-13)6-4-7-12/h2-3,5,8H,4,6-7,9-10,13H2,1H3. The highest BCUT2D eigenvalue weighted by Gasteiger charge is 2.36. The zero-order valence-electron chi connectivity index (χ0n) is 9.32. The van der Waals surface area contributed by atoms with Crippen LogP contribution in [0, 0.1) is 5.41 Å². The lowest BCUT2D eigenvalue weighted by molar-refractivity contribution is 0.154. The molecule has 1 aromatic heterocycles. The van der Waals surface area contributed by atoms with Gasteiger partial charge in [0.1, 0.15) is 5.82 Å². The normalized spacial score (nSPS) is 18.3. The van der Waals surface area contributed by atoms with E-state index < -0.39 is 0 Å². The molecule has 1 aliphatic carbocycles. The van der Waals surface area contributed by atoms with Gasteiger partial charge in [0.2, 0.25) is 0 Å². The van der Waals surface area contributed by atoms with E-state index in [4.69, 9.17) is 5.73 Å². The van der Waals surface area contributed by atoms with Gasteiger partial charge in [0, 0.05) is 25.2 Å². The van der Waals surface area contributed by atoms with E-state index in [-0.39, 0.29) is 0 Å². The van der Waals surface area contributed by atoms with Crippen LogP contribution in [0.5, 0.6) is 0 Å². The lowest BCUT2D eigenvalue weighted by atomic mass is 9.68. The number of nitrogens with zero attached hydrogens (tertiary/aromatic N) is 2. The molecule has 0 radical (unpaired) electrons. The molecule has 0 spiro atoms. The molecule has 1 heterocycles. The van der Waals surface area contributed by atoms with Gasteiger partial charge in [-0.05, 0) is 31.5 Å². The fraction of sp³-hybridized carbons (Fsp3) is 0.583. The largest absolute Gasteiger partial charge is 0.359 e. The fourth-order valence-corrected chi connectivity index (χ4v) is 2.27. The van der Waals surface area contributed by atoms with Crippen molar-refractivity contribution in [3.05, 3.63) is 24.4 Å². The molecular formula is C12H19N3. The van der Waals surface area contributed by atoms with Crippen molar-refractivity contribution in [2.24, 2.45) is 11.1 Å². The second kappa shape index (κ2) is 4.19. The van der Waals surface area contributed by atoms with E-state index in [1.54, 1.807) is 0 Å². The van der Waals surface area contributed by atoms with Crippen molar-refractivity contribution in [1.82, 2.24) is 4.98 Å². The van der Waals surface area contributed by atoms with Crippen LogP contribution in [0.3, 0.4) is 0 Å². The number of aromatic nitrogens is 1. The first-order chi connectivity index (χ1) is 7.26. The maximum absolute atomic E-state index is 5.85. The van der Waals surface area contributed by atoms with Crippen molar-refractivity contribution in [1.29, 1.82) is 0 Å². The monoisotopic (exact) mass is 205 g/mol. The summed E-state index contributed by atoms with van der Waals surface area (Å²) in [6.45, 7) is 1.82. The van der Waals surface area contributed by atoms with Crippen LogP contribution in [0.25, 0.3) is 0 Å². The quantitative estimate of drug-likeness (QED) is 0.812. The Bertz CT molecular complexity index is 300. The van der Waals surface area contributed by atoms with E-state index in [9.17, 15) is 0 Å². The Kier molecular flexibility index (Phi) is 2.91. The van der Waals surface area contributed by atoms with Gasteiger partial charge in [-0.3, -0.25) is 0 Å². The Morgan fingerprint density at radius 1 is 1.47 bits per heavy atom. The summed E-state index contributed by atoms with van der Waals surface area (Å²) >= 11 is 0. The first kappa shape index (κ1) is 10.4. The Morgan fingerprint density at radius 2 is 2.27 bits per heavy atom. The summed E-state index contributed by atoms with van der Waals surface area (Å²) in [5.74, 6) is 1.04. The smallest absolute Gasteiger partial charge is 0.128 e. The van der Waals surface area contributed by atoms with Gasteiger partial charge in [-0.1, -0.05) is 12.5 Å². The molecule has 0 atom stereocenters. The second-order valence-electron chi connectivity index (χ2n) is 4.60. The molecular weight excluding hydrogens is 186 g/mol. The average Bonchev–Trinajstić information content (AvgIpc) is 2.24. The molecule has 0 aliphatic heterocycles. The van der Waals surface area contributed by atoms with Crippen LogP contribution in [0.15, 0.2) is 24.4 Å². The molecule has 0 bridgehead atoms. The number of hydrogen-bond donors (Lipinski definition) is 1. The highest BCUT2D eigenvalue weighted by molar-refractivity contribution is 5.37. The van der Waals surface area contributed by atoms with Crippen molar-refractivity contribution >= 4 is 5.82 Å². The van der Waals surface area contributed by atoms with Gasteiger partial charge in [-0.25, -0.2) is 4.98 Å².